The van der Waals surface area contributed by atoms with Gasteiger partial charge in [-0.15, -0.1) is 0 Å². The summed E-state index contributed by atoms with van der Waals surface area (Å²) in [6.45, 7) is 6.26. The highest BCUT2D eigenvalue weighted by molar-refractivity contribution is 5.80. The summed E-state index contributed by atoms with van der Waals surface area (Å²) in [7, 11) is 1.86. The van der Waals surface area contributed by atoms with Crippen LogP contribution in [0, 0.1) is 0 Å². The Bertz CT molecular complexity index is 590. The van der Waals surface area contributed by atoms with Gasteiger partial charge in [0.25, 0.3) is 0 Å². The lowest BCUT2D eigenvalue weighted by Gasteiger charge is -2.07. The first-order chi connectivity index (χ1) is 8.07. The number of aryl methyl sites for hydroxylation is 2. The molecule has 0 N–H and O–H groups in total. The lowest BCUT2D eigenvalue weighted by molar-refractivity contribution is 0.583. The van der Waals surface area contributed by atoms with Crippen molar-refractivity contribution in [1.29, 1.82) is 0 Å². The summed E-state index contributed by atoms with van der Waals surface area (Å²) in [5, 5.41) is 0. The molecule has 0 amide bonds. The van der Waals surface area contributed by atoms with Gasteiger partial charge in [0.15, 0.2) is 0 Å². The number of aromatic nitrogens is 2. The van der Waals surface area contributed by atoms with E-state index in [2.05, 4.69) is 13.0 Å². The standard InChI is InChI=1S/C14H20N2O/c1-5-7-11-8-6-9-12-13(11)15(4)14(17)16(12)10(2)3/h6,8-10H,5,7H2,1-4H3. The Kier molecular flexibility index (Phi) is 3.09. The van der Waals surface area contributed by atoms with Crippen molar-refractivity contribution in [3.05, 3.63) is 34.2 Å². The lowest BCUT2D eigenvalue weighted by Crippen LogP contribution is -2.23. The zero-order valence-corrected chi connectivity index (χ0v) is 11.0. The number of rotatable bonds is 3. The van der Waals surface area contributed by atoms with Crippen molar-refractivity contribution in [3.63, 3.8) is 0 Å². The normalized spacial score (nSPS) is 11.6. The number of imidazole rings is 1. The van der Waals surface area contributed by atoms with Gasteiger partial charge in [-0.3, -0.25) is 9.13 Å². The third kappa shape index (κ3) is 1.79. The van der Waals surface area contributed by atoms with Crippen LogP contribution in [0.5, 0.6) is 0 Å². The minimum absolute atomic E-state index is 0.0820. The van der Waals surface area contributed by atoms with Crippen LogP contribution < -0.4 is 5.69 Å². The second kappa shape index (κ2) is 4.40. The Morgan fingerprint density at radius 2 is 2.00 bits per heavy atom. The second-order valence-corrected chi connectivity index (χ2v) is 4.84. The number of fused-ring (bicyclic) bond motifs is 1. The molecular weight excluding hydrogens is 212 g/mol. The van der Waals surface area contributed by atoms with Crippen molar-refractivity contribution in [3.8, 4) is 0 Å². The maximum absolute atomic E-state index is 12.2. The van der Waals surface area contributed by atoms with Crippen molar-refractivity contribution in [1.82, 2.24) is 9.13 Å². The Labute approximate surface area is 102 Å². The molecule has 3 heteroatoms. The largest absolute Gasteiger partial charge is 0.329 e. The molecule has 2 rings (SSSR count). The predicted octanol–water partition coefficient (Wildman–Crippen LogP) is 2.87. The molecule has 0 aliphatic heterocycles. The minimum Gasteiger partial charge on any atom is -0.295 e. The Balaban J connectivity index is 2.84. The lowest BCUT2D eigenvalue weighted by atomic mass is 10.1. The number of benzene rings is 1. The maximum atomic E-state index is 12.2. The van der Waals surface area contributed by atoms with Gasteiger partial charge in [-0.1, -0.05) is 25.5 Å². The number of para-hydroxylation sites is 1. The summed E-state index contributed by atoms with van der Waals surface area (Å²) in [4.78, 5) is 12.2. The van der Waals surface area contributed by atoms with Crippen molar-refractivity contribution in [2.75, 3.05) is 0 Å². The van der Waals surface area contributed by atoms with Gasteiger partial charge in [-0.05, 0) is 31.9 Å². The highest BCUT2D eigenvalue weighted by Crippen LogP contribution is 2.21. The first kappa shape index (κ1) is 12.0. The molecule has 0 atom stereocenters. The van der Waals surface area contributed by atoms with E-state index >= 15 is 0 Å². The SMILES string of the molecule is CCCc1cccc2c1n(C)c(=O)n2C(C)C. The van der Waals surface area contributed by atoms with Crippen LogP contribution in [0.25, 0.3) is 11.0 Å². The maximum Gasteiger partial charge on any atom is 0.329 e. The van der Waals surface area contributed by atoms with Crippen LogP contribution in [-0.2, 0) is 13.5 Å². The second-order valence-electron chi connectivity index (χ2n) is 4.84. The monoisotopic (exact) mass is 232 g/mol. The number of hydrogen-bond donors (Lipinski definition) is 0. The average molecular weight is 232 g/mol. The van der Waals surface area contributed by atoms with Crippen molar-refractivity contribution >= 4 is 11.0 Å². The molecule has 2 aromatic rings. The molecule has 0 bridgehead atoms. The highest BCUT2D eigenvalue weighted by atomic mass is 16.1. The zero-order chi connectivity index (χ0) is 12.6. The molecule has 0 unspecified atom stereocenters. The fourth-order valence-electron chi connectivity index (χ4n) is 2.49. The van der Waals surface area contributed by atoms with Crippen LogP contribution in [0.15, 0.2) is 23.0 Å². The Morgan fingerprint density at radius 3 is 2.59 bits per heavy atom. The first-order valence-corrected chi connectivity index (χ1v) is 6.26. The first-order valence-electron chi connectivity index (χ1n) is 6.26. The van der Waals surface area contributed by atoms with Gasteiger partial charge >= 0.3 is 5.69 Å². The molecule has 0 saturated carbocycles. The highest BCUT2D eigenvalue weighted by Gasteiger charge is 2.14. The van der Waals surface area contributed by atoms with E-state index in [0.29, 0.717) is 0 Å². The molecule has 0 radical (unpaired) electrons. The van der Waals surface area contributed by atoms with Crippen LogP contribution in [0.4, 0.5) is 0 Å². The molecule has 1 aromatic heterocycles. The van der Waals surface area contributed by atoms with Gasteiger partial charge in [-0.25, -0.2) is 4.79 Å². The van der Waals surface area contributed by atoms with E-state index in [4.69, 9.17) is 0 Å². The van der Waals surface area contributed by atoms with E-state index in [1.54, 1.807) is 4.57 Å². The average Bonchev–Trinajstić information content (AvgIpc) is 2.53. The van der Waals surface area contributed by atoms with Gasteiger partial charge in [-0.2, -0.15) is 0 Å². The van der Waals surface area contributed by atoms with E-state index in [1.807, 2.05) is 37.6 Å². The van der Waals surface area contributed by atoms with E-state index in [9.17, 15) is 4.79 Å². The third-order valence-electron chi connectivity index (χ3n) is 3.22. The molecule has 0 fully saturated rings. The summed E-state index contributed by atoms with van der Waals surface area (Å²) in [6, 6.07) is 6.40. The van der Waals surface area contributed by atoms with Crippen molar-refractivity contribution in [2.24, 2.45) is 7.05 Å². The summed E-state index contributed by atoms with van der Waals surface area (Å²) < 4.78 is 3.65. The molecule has 1 aromatic carbocycles. The number of hydrogen-bond acceptors (Lipinski definition) is 1. The van der Waals surface area contributed by atoms with E-state index in [0.717, 1.165) is 23.9 Å². The fourth-order valence-corrected chi connectivity index (χ4v) is 2.49. The van der Waals surface area contributed by atoms with Gasteiger partial charge in [0, 0.05) is 13.1 Å². The summed E-state index contributed by atoms with van der Waals surface area (Å²) >= 11 is 0. The molecule has 0 aliphatic rings. The molecule has 0 spiro atoms. The van der Waals surface area contributed by atoms with Crippen LogP contribution in [0.3, 0.4) is 0 Å². The summed E-state index contributed by atoms with van der Waals surface area (Å²) in [5.74, 6) is 0. The van der Waals surface area contributed by atoms with Crippen LogP contribution in [0.1, 0.15) is 38.8 Å². The molecule has 1 heterocycles. The predicted molar refractivity (Wildman–Crippen MR) is 71.6 cm³/mol. The minimum atomic E-state index is 0.0820. The Hall–Kier alpha value is -1.51. The topological polar surface area (TPSA) is 26.9 Å². The van der Waals surface area contributed by atoms with E-state index in [-0.39, 0.29) is 11.7 Å². The van der Waals surface area contributed by atoms with Crippen LogP contribution in [-0.4, -0.2) is 9.13 Å². The van der Waals surface area contributed by atoms with Gasteiger partial charge in [0.1, 0.15) is 0 Å². The molecule has 17 heavy (non-hydrogen) atoms. The smallest absolute Gasteiger partial charge is 0.295 e. The molecular formula is C14H20N2O. The van der Waals surface area contributed by atoms with Crippen molar-refractivity contribution < 1.29 is 0 Å². The third-order valence-corrected chi connectivity index (χ3v) is 3.22. The molecule has 0 saturated heterocycles. The summed E-state index contributed by atoms with van der Waals surface area (Å²) in [5.41, 5.74) is 3.49. The van der Waals surface area contributed by atoms with E-state index < -0.39 is 0 Å². The number of nitrogens with zero attached hydrogens (tertiary/aromatic N) is 2. The van der Waals surface area contributed by atoms with Gasteiger partial charge in [0.2, 0.25) is 0 Å². The van der Waals surface area contributed by atoms with Crippen molar-refractivity contribution in [2.45, 2.75) is 39.7 Å². The van der Waals surface area contributed by atoms with Crippen LogP contribution in [0.2, 0.25) is 0 Å². The quantitative estimate of drug-likeness (QED) is 0.799. The zero-order valence-electron chi connectivity index (χ0n) is 11.0. The van der Waals surface area contributed by atoms with Gasteiger partial charge < -0.3 is 0 Å². The molecule has 3 nitrogen and oxygen atoms in total. The summed E-state index contributed by atoms with van der Waals surface area (Å²) in [6.07, 6.45) is 2.12. The molecule has 92 valence electrons. The Morgan fingerprint density at radius 1 is 1.29 bits per heavy atom. The van der Waals surface area contributed by atoms with E-state index in [1.165, 1.54) is 5.56 Å². The van der Waals surface area contributed by atoms with Gasteiger partial charge in [0.05, 0.1) is 11.0 Å². The molecule has 0 aliphatic carbocycles. The fraction of sp³-hybridized carbons (Fsp3) is 0.500. The van der Waals surface area contributed by atoms with Crippen LogP contribution >= 0.6 is 0 Å².